The molecule has 6 nitrogen and oxygen atoms in total. The summed E-state index contributed by atoms with van der Waals surface area (Å²) in [5.74, 6) is -0.346. The maximum atomic E-state index is 12.0. The molecule has 1 aromatic carbocycles. The van der Waals surface area contributed by atoms with Crippen LogP contribution in [0, 0.1) is 11.3 Å². The number of nitrogens with zero attached hydrogens (tertiary/aromatic N) is 2. The van der Waals surface area contributed by atoms with E-state index >= 15 is 0 Å². The van der Waals surface area contributed by atoms with Gasteiger partial charge >= 0.3 is 0 Å². The van der Waals surface area contributed by atoms with Gasteiger partial charge in [-0.1, -0.05) is 11.6 Å². The summed E-state index contributed by atoms with van der Waals surface area (Å²) >= 11 is 5.83. The normalized spacial score (nSPS) is 10.9. The number of likely N-dealkylation sites (N-methyl/N-ethyl adjacent to an activating group) is 1. The molecule has 0 saturated carbocycles. The highest BCUT2D eigenvalue weighted by Gasteiger charge is 2.20. The molecule has 8 heteroatoms. The molecule has 0 aliphatic carbocycles. The highest BCUT2D eigenvalue weighted by atomic mass is 35.5. The van der Waals surface area contributed by atoms with Gasteiger partial charge < -0.3 is 4.90 Å². The molecule has 0 unspecified atom stereocenters. The first-order valence-electron chi connectivity index (χ1n) is 5.75. The van der Waals surface area contributed by atoms with Crippen LogP contribution in [0.4, 0.5) is 0 Å². The van der Waals surface area contributed by atoms with Crippen LogP contribution in [0.25, 0.3) is 0 Å². The van der Waals surface area contributed by atoms with E-state index in [2.05, 4.69) is 4.72 Å². The van der Waals surface area contributed by atoms with Crippen molar-refractivity contribution in [3.63, 3.8) is 0 Å². The quantitative estimate of drug-likeness (QED) is 0.876. The third-order valence-corrected chi connectivity index (χ3v) is 4.55. The predicted octanol–water partition coefficient (Wildman–Crippen LogP) is 0.968. The Kier molecular flexibility index (Phi) is 5.51. The monoisotopic (exact) mass is 315 g/mol. The minimum absolute atomic E-state index is 0.0622. The lowest BCUT2D eigenvalue weighted by atomic mass is 10.2. The van der Waals surface area contributed by atoms with Crippen LogP contribution < -0.4 is 4.72 Å². The first-order chi connectivity index (χ1) is 9.31. The van der Waals surface area contributed by atoms with Gasteiger partial charge in [0.05, 0.1) is 23.2 Å². The fraction of sp³-hybridized carbons (Fsp3) is 0.333. The number of sulfonamides is 1. The van der Waals surface area contributed by atoms with Crippen molar-refractivity contribution >= 4 is 27.5 Å². The third-order valence-electron chi connectivity index (χ3n) is 2.66. The standard InChI is InChI=1S/C12H14ClN3O3S/c1-3-16(2)12(17)8-15-20(18,19)11-5-4-9(7-14)6-10(11)13/h4-6,15H,3,8H2,1-2H3. The molecule has 1 rings (SSSR count). The Labute approximate surface area is 123 Å². The first kappa shape index (κ1) is 16.4. The van der Waals surface area contributed by atoms with Crippen LogP contribution in [0.2, 0.25) is 5.02 Å². The molecule has 20 heavy (non-hydrogen) atoms. The molecule has 0 aromatic heterocycles. The van der Waals surface area contributed by atoms with Crippen molar-refractivity contribution in [3.8, 4) is 6.07 Å². The minimum atomic E-state index is -3.89. The molecule has 0 saturated heterocycles. The lowest BCUT2D eigenvalue weighted by Crippen LogP contribution is -2.38. The molecule has 0 aliphatic rings. The number of carbonyl (C=O) groups excluding carboxylic acids is 1. The van der Waals surface area contributed by atoms with Gasteiger partial charge in [-0.2, -0.15) is 5.26 Å². The molecule has 0 atom stereocenters. The minimum Gasteiger partial charge on any atom is -0.345 e. The number of hydrogen-bond acceptors (Lipinski definition) is 4. The maximum absolute atomic E-state index is 12.0. The van der Waals surface area contributed by atoms with Crippen molar-refractivity contribution in [1.82, 2.24) is 9.62 Å². The summed E-state index contributed by atoms with van der Waals surface area (Å²) in [6.07, 6.45) is 0. The average Bonchev–Trinajstić information content (AvgIpc) is 2.43. The highest BCUT2D eigenvalue weighted by Crippen LogP contribution is 2.22. The number of nitrogens with one attached hydrogen (secondary N) is 1. The Hall–Kier alpha value is -1.62. The maximum Gasteiger partial charge on any atom is 0.242 e. The van der Waals surface area contributed by atoms with Crippen molar-refractivity contribution in [2.24, 2.45) is 0 Å². The summed E-state index contributed by atoms with van der Waals surface area (Å²) in [5, 5.41) is 8.63. The fourth-order valence-corrected chi connectivity index (χ4v) is 2.85. The van der Waals surface area contributed by atoms with Crippen LogP contribution in [0.15, 0.2) is 23.1 Å². The topological polar surface area (TPSA) is 90.3 Å². The summed E-state index contributed by atoms with van der Waals surface area (Å²) in [5.41, 5.74) is 0.260. The van der Waals surface area contributed by atoms with Gasteiger partial charge in [-0.3, -0.25) is 4.79 Å². The van der Waals surface area contributed by atoms with E-state index in [1.54, 1.807) is 14.0 Å². The number of hydrogen-bond donors (Lipinski definition) is 1. The molecule has 0 radical (unpaired) electrons. The van der Waals surface area contributed by atoms with Crippen LogP contribution in [0.1, 0.15) is 12.5 Å². The molecule has 1 amide bonds. The second kappa shape index (κ2) is 6.70. The van der Waals surface area contributed by atoms with E-state index in [4.69, 9.17) is 16.9 Å². The molecular weight excluding hydrogens is 302 g/mol. The summed E-state index contributed by atoms with van der Waals surface area (Å²) in [6, 6.07) is 5.70. The van der Waals surface area contributed by atoms with E-state index in [-0.39, 0.29) is 27.9 Å². The Morgan fingerprint density at radius 1 is 1.50 bits per heavy atom. The number of halogens is 1. The summed E-state index contributed by atoms with van der Waals surface area (Å²) in [7, 11) is -2.32. The van der Waals surface area contributed by atoms with E-state index in [0.29, 0.717) is 6.54 Å². The largest absolute Gasteiger partial charge is 0.345 e. The van der Waals surface area contributed by atoms with E-state index in [1.807, 2.05) is 6.07 Å². The smallest absolute Gasteiger partial charge is 0.242 e. The van der Waals surface area contributed by atoms with Gasteiger partial charge in [0.15, 0.2) is 0 Å². The molecule has 0 aliphatic heterocycles. The third kappa shape index (κ3) is 3.93. The highest BCUT2D eigenvalue weighted by molar-refractivity contribution is 7.89. The summed E-state index contributed by atoms with van der Waals surface area (Å²) < 4.78 is 26.2. The fourth-order valence-electron chi connectivity index (χ4n) is 1.33. The second-order valence-corrected chi connectivity index (χ2v) is 6.13. The van der Waals surface area contributed by atoms with E-state index in [1.165, 1.54) is 23.1 Å². The lowest BCUT2D eigenvalue weighted by Gasteiger charge is -2.15. The Morgan fingerprint density at radius 3 is 2.65 bits per heavy atom. The second-order valence-electron chi connectivity index (χ2n) is 3.99. The molecule has 0 heterocycles. The van der Waals surface area contributed by atoms with Gasteiger partial charge in [0.25, 0.3) is 0 Å². The van der Waals surface area contributed by atoms with Gasteiger partial charge in [-0.25, -0.2) is 13.1 Å². The van der Waals surface area contributed by atoms with E-state index in [0.717, 1.165) is 0 Å². The van der Waals surface area contributed by atoms with Crippen LogP contribution >= 0.6 is 11.6 Å². The van der Waals surface area contributed by atoms with E-state index in [9.17, 15) is 13.2 Å². The summed E-state index contributed by atoms with van der Waals surface area (Å²) in [6.45, 7) is 1.92. The van der Waals surface area contributed by atoms with Crippen LogP contribution in [0.5, 0.6) is 0 Å². The van der Waals surface area contributed by atoms with Crippen molar-refractivity contribution in [2.75, 3.05) is 20.1 Å². The van der Waals surface area contributed by atoms with Crippen LogP contribution in [-0.2, 0) is 14.8 Å². The van der Waals surface area contributed by atoms with Gasteiger partial charge in [-0.15, -0.1) is 0 Å². The molecule has 108 valence electrons. The van der Waals surface area contributed by atoms with Crippen molar-refractivity contribution in [2.45, 2.75) is 11.8 Å². The first-order valence-corrected chi connectivity index (χ1v) is 7.61. The SMILES string of the molecule is CCN(C)C(=O)CNS(=O)(=O)c1ccc(C#N)cc1Cl. The number of nitriles is 1. The van der Waals surface area contributed by atoms with E-state index < -0.39 is 10.0 Å². The molecule has 0 fully saturated rings. The Balaban J connectivity index is 2.90. The van der Waals surface area contributed by atoms with Gasteiger partial charge in [0.1, 0.15) is 4.90 Å². The Morgan fingerprint density at radius 2 is 2.15 bits per heavy atom. The van der Waals surface area contributed by atoms with Crippen molar-refractivity contribution in [3.05, 3.63) is 28.8 Å². The van der Waals surface area contributed by atoms with Crippen LogP contribution in [-0.4, -0.2) is 39.4 Å². The molecule has 1 N–H and O–H groups in total. The van der Waals surface area contributed by atoms with Crippen molar-refractivity contribution < 1.29 is 13.2 Å². The molecule has 0 bridgehead atoms. The molecular formula is C12H14ClN3O3S. The van der Waals surface area contributed by atoms with Crippen LogP contribution in [0.3, 0.4) is 0 Å². The lowest BCUT2D eigenvalue weighted by molar-refractivity contribution is -0.128. The van der Waals surface area contributed by atoms with Gasteiger partial charge in [0.2, 0.25) is 15.9 Å². The predicted molar refractivity (Wildman–Crippen MR) is 74.7 cm³/mol. The molecule has 1 aromatic rings. The summed E-state index contributed by atoms with van der Waals surface area (Å²) in [4.78, 5) is 12.8. The number of amides is 1. The van der Waals surface area contributed by atoms with Crippen molar-refractivity contribution in [1.29, 1.82) is 5.26 Å². The zero-order chi connectivity index (χ0) is 15.3. The average molecular weight is 316 g/mol. The zero-order valence-corrected chi connectivity index (χ0v) is 12.6. The Bertz CT molecular complexity index is 652. The van der Waals surface area contributed by atoms with Gasteiger partial charge in [0, 0.05) is 13.6 Å². The number of rotatable bonds is 5. The zero-order valence-electron chi connectivity index (χ0n) is 11.1. The van der Waals surface area contributed by atoms with Gasteiger partial charge in [-0.05, 0) is 25.1 Å². The number of benzene rings is 1. The number of carbonyl (C=O) groups is 1. The molecule has 0 spiro atoms.